The van der Waals surface area contributed by atoms with Crippen molar-refractivity contribution in [2.75, 3.05) is 0 Å². The molecule has 4 heteroatoms. The van der Waals surface area contributed by atoms with Gasteiger partial charge in [-0.25, -0.2) is 4.98 Å². The number of fused-ring (bicyclic) bond motifs is 1. The van der Waals surface area contributed by atoms with E-state index in [2.05, 4.69) is 4.98 Å². The van der Waals surface area contributed by atoms with Gasteiger partial charge in [0.1, 0.15) is 11.4 Å². The van der Waals surface area contributed by atoms with Crippen LogP contribution in [0.15, 0.2) is 24.3 Å². The third-order valence-electron chi connectivity index (χ3n) is 2.09. The Morgan fingerprint density at radius 1 is 1.40 bits per heavy atom. The van der Waals surface area contributed by atoms with Crippen molar-refractivity contribution >= 4 is 28.3 Å². The van der Waals surface area contributed by atoms with Gasteiger partial charge in [0.05, 0.1) is 5.52 Å². The van der Waals surface area contributed by atoms with Crippen molar-refractivity contribution in [2.24, 2.45) is 0 Å². The number of carbonyl (C=O) groups excluding carboxylic acids is 1. The van der Waals surface area contributed by atoms with Crippen LogP contribution in [-0.2, 0) is 0 Å². The number of rotatable bonds is 1. The molecule has 0 saturated carbocycles. The number of carbonyl (C=O) groups is 1. The first-order valence-corrected chi connectivity index (χ1v) is 4.76. The molecule has 1 aromatic heterocycles. The standard InChI is InChI=1S/C11H8ClNO2/c1-6(14)11-10(15)4-7-2-3-8(12)5-9(7)13-11/h2-5,15H,1H3. The molecule has 0 saturated heterocycles. The first kappa shape index (κ1) is 9.93. The summed E-state index contributed by atoms with van der Waals surface area (Å²) in [6.07, 6.45) is 0. The van der Waals surface area contributed by atoms with Crippen LogP contribution >= 0.6 is 11.6 Å². The third-order valence-corrected chi connectivity index (χ3v) is 2.33. The first-order chi connectivity index (χ1) is 7.08. The van der Waals surface area contributed by atoms with E-state index in [0.717, 1.165) is 5.39 Å². The summed E-state index contributed by atoms with van der Waals surface area (Å²) in [4.78, 5) is 15.2. The fraction of sp³-hybridized carbons (Fsp3) is 0.0909. The molecular formula is C11H8ClNO2. The number of nitrogens with zero attached hydrogens (tertiary/aromatic N) is 1. The fourth-order valence-corrected chi connectivity index (χ4v) is 1.55. The van der Waals surface area contributed by atoms with E-state index in [1.807, 2.05) is 0 Å². The number of Topliss-reactive ketones (excluding diaryl/α,β-unsaturated/α-hetero) is 1. The first-order valence-electron chi connectivity index (χ1n) is 4.38. The zero-order chi connectivity index (χ0) is 11.0. The number of pyridine rings is 1. The number of hydrogen-bond donors (Lipinski definition) is 1. The van der Waals surface area contributed by atoms with E-state index < -0.39 is 0 Å². The number of hydrogen-bond acceptors (Lipinski definition) is 3. The topological polar surface area (TPSA) is 50.2 Å². The van der Waals surface area contributed by atoms with E-state index in [4.69, 9.17) is 11.6 Å². The van der Waals surface area contributed by atoms with Crippen molar-refractivity contribution in [1.29, 1.82) is 0 Å². The van der Waals surface area contributed by atoms with Gasteiger partial charge in [-0.05, 0) is 18.2 Å². The highest BCUT2D eigenvalue weighted by Crippen LogP contribution is 2.24. The minimum absolute atomic E-state index is 0.0739. The van der Waals surface area contributed by atoms with Crippen LogP contribution < -0.4 is 0 Å². The quantitative estimate of drug-likeness (QED) is 0.754. The summed E-state index contributed by atoms with van der Waals surface area (Å²) >= 11 is 5.80. The summed E-state index contributed by atoms with van der Waals surface area (Å²) in [5.41, 5.74) is 0.676. The number of aromatic hydroxyl groups is 1. The summed E-state index contributed by atoms with van der Waals surface area (Å²) in [7, 11) is 0. The zero-order valence-corrected chi connectivity index (χ0v) is 8.75. The fourth-order valence-electron chi connectivity index (χ4n) is 1.39. The maximum Gasteiger partial charge on any atom is 0.181 e. The highest BCUT2D eigenvalue weighted by molar-refractivity contribution is 6.31. The Balaban J connectivity index is 2.77. The highest BCUT2D eigenvalue weighted by Gasteiger charge is 2.09. The molecule has 0 bridgehead atoms. The molecule has 0 spiro atoms. The second-order valence-electron chi connectivity index (χ2n) is 3.25. The van der Waals surface area contributed by atoms with Crippen molar-refractivity contribution in [1.82, 2.24) is 4.98 Å². The maximum atomic E-state index is 11.1. The Bertz CT molecular complexity index is 552. The molecule has 15 heavy (non-hydrogen) atoms. The van der Waals surface area contributed by atoms with E-state index in [1.54, 1.807) is 18.2 Å². The van der Waals surface area contributed by atoms with Gasteiger partial charge in [-0.15, -0.1) is 0 Å². The summed E-state index contributed by atoms with van der Waals surface area (Å²) in [5, 5.41) is 10.8. The Morgan fingerprint density at radius 2 is 2.13 bits per heavy atom. The zero-order valence-electron chi connectivity index (χ0n) is 7.99. The highest BCUT2D eigenvalue weighted by atomic mass is 35.5. The molecule has 0 aliphatic carbocycles. The molecule has 76 valence electrons. The summed E-state index contributed by atoms with van der Waals surface area (Å²) < 4.78 is 0. The van der Waals surface area contributed by atoms with Gasteiger partial charge in [-0.3, -0.25) is 4.79 Å². The van der Waals surface area contributed by atoms with Crippen LogP contribution in [0, 0.1) is 0 Å². The monoisotopic (exact) mass is 221 g/mol. The van der Waals surface area contributed by atoms with E-state index >= 15 is 0 Å². The molecule has 1 N–H and O–H groups in total. The number of halogens is 1. The van der Waals surface area contributed by atoms with Gasteiger partial charge in [0.2, 0.25) is 0 Å². The number of benzene rings is 1. The lowest BCUT2D eigenvalue weighted by molar-refractivity contribution is 0.101. The Kier molecular flexibility index (Phi) is 2.32. The summed E-state index contributed by atoms with van der Waals surface area (Å²) in [6.45, 7) is 1.36. The van der Waals surface area contributed by atoms with Gasteiger partial charge in [0.25, 0.3) is 0 Å². The van der Waals surface area contributed by atoms with Crippen molar-refractivity contribution in [3.05, 3.63) is 35.0 Å². The van der Waals surface area contributed by atoms with Crippen LogP contribution in [-0.4, -0.2) is 15.9 Å². The predicted octanol–water partition coefficient (Wildman–Crippen LogP) is 2.80. The van der Waals surface area contributed by atoms with Crippen LogP contribution in [0.2, 0.25) is 5.02 Å². The molecule has 0 aliphatic rings. The second kappa shape index (κ2) is 3.51. The average Bonchev–Trinajstić information content (AvgIpc) is 2.17. The Labute approximate surface area is 91.3 Å². The van der Waals surface area contributed by atoms with E-state index in [1.165, 1.54) is 13.0 Å². The lowest BCUT2D eigenvalue weighted by Gasteiger charge is -2.03. The van der Waals surface area contributed by atoms with E-state index in [0.29, 0.717) is 10.5 Å². The lowest BCUT2D eigenvalue weighted by atomic mass is 10.1. The maximum absolute atomic E-state index is 11.1. The molecule has 1 aromatic carbocycles. The van der Waals surface area contributed by atoms with Gasteiger partial charge in [-0.2, -0.15) is 0 Å². The second-order valence-corrected chi connectivity index (χ2v) is 3.69. The van der Waals surface area contributed by atoms with Crippen molar-refractivity contribution in [3.63, 3.8) is 0 Å². The Morgan fingerprint density at radius 3 is 2.80 bits per heavy atom. The number of ketones is 1. The van der Waals surface area contributed by atoms with Gasteiger partial charge >= 0.3 is 0 Å². The average molecular weight is 222 g/mol. The van der Waals surface area contributed by atoms with Crippen LogP contribution in [0.3, 0.4) is 0 Å². The Hall–Kier alpha value is -1.61. The van der Waals surface area contributed by atoms with Gasteiger partial charge in [-0.1, -0.05) is 17.7 Å². The summed E-state index contributed by atoms with van der Waals surface area (Å²) in [5.74, 6) is -0.369. The molecule has 2 rings (SSSR count). The van der Waals surface area contributed by atoms with Gasteiger partial charge in [0, 0.05) is 17.3 Å². The third kappa shape index (κ3) is 1.78. The van der Waals surface area contributed by atoms with Crippen LogP contribution in [0.4, 0.5) is 0 Å². The molecule has 3 nitrogen and oxygen atoms in total. The molecule has 0 aliphatic heterocycles. The van der Waals surface area contributed by atoms with Crippen LogP contribution in [0.25, 0.3) is 10.9 Å². The van der Waals surface area contributed by atoms with Crippen LogP contribution in [0.5, 0.6) is 5.75 Å². The largest absolute Gasteiger partial charge is 0.506 e. The summed E-state index contributed by atoms with van der Waals surface area (Å²) in [6, 6.07) is 6.62. The molecule has 2 aromatic rings. The molecule has 0 fully saturated rings. The predicted molar refractivity (Wildman–Crippen MR) is 58.4 cm³/mol. The molecular weight excluding hydrogens is 214 g/mol. The SMILES string of the molecule is CC(=O)c1nc2cc(Cl)ccc2cc1O. The lowest BCUT2D eigenvalue weighted by Crippen LogP contribution is -1.97. The molecule has 1 heterocycles. The van der Waals surface area contributed by atoms with E-state index in [9.17, 15) is 9.90 Å². The minimum atomic E-state index is -0.269. The van der Waals surface area contributed by atoms with Crippen molar-refractivity contribution in [3.8, 4) is 5.75 Å². The molecule has 0 atom stereocenters. The number of aromatic nitrogens is 1. The van der Waals surface area contributed by atoms with Crippen LogP contribution in [0.1, 0.15) is 17.4 Å². The molecule has 0 unspecified atom stereocenters. The van der Waals surface area contributed by atoms with Gasteiger partial charge < -0.3 is 5.11 Å². The minimum Gasteiger partial charge on any atom is -0.506 e. The van der Waals surface area contributed by atoms with Crippen molar-refractivity contribution < 1.29 is 9.90 Å². The smallest absolute Gasteiger partial charge is 0.181 e. The molecule has 0 radical (unpaired) electrons. The van der Waals surface area contributed by atoms with Crippen molar-refractivity contribution in [2.45, 2.75) is 6.92 Å². The van der Waals surface area contributed by atoms with E-state index in [-0.39, 0.29) is 17.2 Å². The van der Waals surface area contributed by atoms with Gasteiger partial charge in [0.15, 0.2) is 5.78 Å². The normalized spacial score (nSPS) is 10.5. The molecule has 0 amide bonds.